The molecule has 1 aliphatic heterocycles. The van der Waals surface area contributed by atoms with E-state index in [0.29, 0.717) is 24.4 Å². The van der Waals surface area contributed by atoms with Gasteiger partial charge in [-0.1, -0.05) is 42.5 Å². The molecule has 0 radical (unpaired) electrons. The molecule has 6 nitrogen and oxygen atoms in total. The molecule has 1 heterocycles. The Kier molecular flexibility index (Phi) is 5.81. The summed E-state index contributed by atoms with van der Waals surface area (Å²) in [4.78, 5) is 15.5. The monoisotopic (exact) mass is 476 g/mol. The summed E-state index contributed by atoms with van der Waals surface area (Å²) in [5, 5.41) is 0. The van der Waals surface area contributed by atoms with E-state index in [9.17, 15) is 13.2 Å². The van der Waals surface area contributed by atoms with Crippen LogP contribution in [0, 0.1) is 0 Å². The first-order valence-corrected chi connectivity index (χ1v) is 13.0. The molecule has 3 aromatic carbocycles. The fourth-order valence-electron chi connectivity index (χ4n) is 5.16. The van der Waals surface area contributed by atoms with Crippen LogP contribution in [0.25, 0.3) is 0 Å². The Hall–Kier alpha value is -3.32. The number of fused-ring (bicyclic) bond motifs is 2. The number of aryl methyl sites for hydroxylation is 1. The van der Waals surface area contributed by atoms with Gasteiger partial charge in [-0.2, -0.15) is 0 Å². The largest absolute Gasteiger partial charge is 0.496 e. The zero-order valence-corrected chi connectivity index (χ0v) is 20.2. The van der Waals surface area contributed by atoms with Crippen LogP contribution in [0.15, 0.2) is 71.6 Å². The number of rotatable bonds is 5. The van der Waals surface area contributed by atoms with Crippen LogP contribution in [0.3, 0.4) is 0 Å². The van der Waals surface area contributed by atoms with Crippen LogP contribution in [-0.4, -0.2) is 39.9 Å². The Bertz CT molecular complexity index is 1350. The predicted octanol–water partition coefficient (Wildman–Crippen LogP) is 4.60. The number of anilines is 1. The van der Waals surface area contributed by atoms with Crippen LogP contribution in [-0.2, 0) is 22.9 Å². The fraction of sp³-hybridized carbons (Fsp3) is 0.296. The summed E-state index contributed by atoms with van der Waals surface area (Å²) < 4.78 is 34.0. The minimum atomic E-state index is -3.83. The van der Waals surface area contributed by atoms with E-state index < -0.39 is 10.0 Å². The van der Waals surface area contributed by atoms with Gasteiger partial charge in [0.1, 0.15) is 5.75 Å². The quantitative estimate of drug-likeness (QED) is 0.540. The Morgan fingerprint density at radius 1 is 1.00 bits per heavy atom. The van der Waals surface area contributed by atoms with E-state index in [1.54, 1.807) is 18.0 Å². The minimum absolute atomic E-state index is 0.0621. The van der Waals surface area contributed by atoms with Crippen LogP contribution < -0.4 is 9.04 Å². The van der Waals surface area contributed by atoms with Gasteiger partial charge in [-0.15, -0.1) is 0 Å². The third-order valence-electron chi connectivity index (χ3n) is 6.96. The van der Waals surface area contributed by atoms with Gasteiger partial charge in [0.25, 0.3) is 15.9 Å². The van der Waals surface area contributed by atoms with Crippen molar-refractivity contribution >= 4 is 21.6 Å². The summed E-state index contributed by atoms with van der Waals surface area (Å²) >= 11 is 0. The van der Waals surface area contributed by atoms with Gasteiger partial charge >= 0.3 is 0 Å². The minimum Gasteiger partial charge on any atom is -0.496 e. The lowest BCUT2D eigenvalue weighted by molar-refractivity contribution is 0.0711. The van der Waals surface area contributed by atoms with Gasteiger partial charge < -0.3 is 9.64 Å². The highest BCUT2D eigenvalue weighted by molar-refractivity contribution is 7.92. The van der Waals surface area contributed by atoms with Gasteiger partial charge in [-0.05, 0) is 66.6 Å². The number of nitrogens with zero attached hydrogens (tertiary/aromatic N) is 2. The third kappa shape index (κ3) is 3.74. The van der Waals surface area contributed by atoms with E-state index in [4.69, 9.17) is 4.74 Å². The Morgan fingerprint density at radius 3 is 2.53 bits per heavy atom. The van der Waals surface area contributed by atoms with Crippen molar-refractivity contribution in [3.63, 3.8) is 0 Å². The molecule has 0 N–H and O–H groups in total. The lowest BCUT2D eigenvalue weighted by Crippen LogP contribution is -2.34. The van der Waals surface area contributed by atoms with E-state index in [0.717, 1.165) is 30.4 Å². The van der Waals surface area contributed by atoms with Crippen molar-refractivity contribution in [2.75, 3.05) is 25.0 Å². The number of para-hydroxylation sites is 1. The molecule has 1 atom stereocenters. The molecule has 34 heavy (non-hydrogen) atoms. The fourth-order valence-corrected chi connectivity index (χ4v) is 6.69. The number of hydrogen-bond acceptors (Lipinski definition) is 4. The molecule has 7 heteroatoms. The molecule has 0 aromatic heterocycles. The maximum absolute atomic E-state index is 13.7. The molecule has 0 fully saturated rings. The number of benzene rings is 3. The molecule has 0 unspecified atom stereocenters. The molecule has 176 valence electrons. The third-order valence-corrected chi connectivity index (χ3v) is 8.77. The average molecular weight is 477 g/mol. The molecule has 5 rings (SSSR count). The lowest BCUT2D eigenvalue weighted by Gasteiger charge is -2.33. The summed E-state index contributed by atoms with van der Waals surface area (Å²) in [7, 11) is -0.548. The van der Waals surface area contributed by atoms with E-state index >= 15 is 0 Å². The van der Waals surface area contributed by atoms with Crippen molar-refractivity contribution in [3.05, 3.63) is 89.0 Å². The first kappa shape index (κ1) is 22.5. The molecule has 0 spiro atoms. The van der Waals surface area contributed by atoms with Crippen LogP contribution in [0.2, 0.25) is 0 Å². The number of carbonyl (C=O) groups excluding carboxylic acids is 1. The van der Waals surface area contributed by atoms with Crippen molar-refractivity contribution in [2.45, 2.75) is 36.6 Å². The van der Waals surface area contributed by atoms with E-state index in [2.05, 4.69) is 12.1 Å². The maximum atomic E-state index is 13.7. The second kappa shape index (κ2) is 8.80. The van der Waals surface area contributed by atoms with Crippen molar-refractivity contribution < 1.29 is 17.9 Å². The number of amides is 1. The lowest BCUT2D eigenvalue weighted by atomic mass is 9.87. The van der Waals surface area contributed by atoms with Crippen molar-refractivity contribution in [1.82, 2.24) is 4.90 Å². The highest BCUT2D eigenvalue weighted by Crippen LogP contribution is 2.37. The highest BCUT2D eigenvalue weighted by atomic mass is 32.2. The van der Waals surface area contributed by atoms with Crippen LogP contribution in [0.1, 0.15) is 45.9 Å². The van der Waals surface area contributed by atoms with Crippen molar-refractivity contribution in [2.24, 2.45) is 0 Å². The average Bonchev–Trinajstić information content (AvgIpc) is 3.32. The van der Waals surface area contributed by atoms with Gasteiger partial charge in [0.15, 0.2) is 0 Å². The van der Waals surface area contributed by atoms with E-state index in [1.165, 1.54) is 29.1 Å². The molecule has 0 bridgehead atoms. The van der Waals surface area contributed by atoms with Crippen molar-refractivity contribution in [1.29, 1.82) is 0 Å². The Balaban J connectivity index is 1.50. The molecule has 1 amide bonds. The molecule has 1 aliphatic carbocycles. The van der Waals surface area contributed by atoms with Crippen LogP contribution in [0.4, 0.5) is 5.69 Å². The first-order valence-electron chi connectivity index (χ1n) is 11.6. The van der Waals surface area contributed by atoms with Gasteiger partial charge in [0, 0.05) is 13.6 Å². The normalized spacial score (nSPS) is 17.1. The zero-order valence-electron chi connectivity index (χ0n) is 19.4. The second-order valence-electron chi connectivity index (χ2n) is 8.84. The van der Waals surface area contributed by atoms with Gasteiger partial charge in [-0.25, -0.2) is 8.42 Å². The number of methoxy groups -OCH3 is 1. The summed E-state index contributed by atoms with van der Waals surface area (Å²) in [5.41, 5.74) is 4.37. The molecule has 0 saturated carbocycles. The molecular formula is C27H28N2O4S. The number of carbonyl (C=O) groups is 1. The van der Waals surface area contributed by atoms with Crippen LogP contribution >= 0.6 is 0 Å². The zero-order chi connectivity index (χ0) is 23.9. The number of ether oxygens (including phenoxy) is 1. The van der Waals surface area contributed by atoms with Crippen LogP contribution in [0.5, 0.6) is 5.75 Å². The summed E-state index contributed by atoms with van der Waals surface area (Å²) in [6.07, 6.45) is 3.54. The Morgan fingerprint density at radius 2 is 1.74 bits per heavy atom. The maximum Gasteiger partial charge on any atom is 0.264 e. The smallest absolute Gasteiger partial charge is 0.264 e. The van der Waals surface area contributed by atoms with E-state index in [-0.39, 0.29) is 22.4 Å². The molecule has 0 saturated heterocycles. The predicted molar refractivity (Wildman–Crippen MR) is 132 cm³/mol. The topological polar surface area (TPSA) is 66.9 Å². The van der Waals surface area contributed by atoms with E-state index in [1.807, 2.05) is 36.4 Å². The summed E-state index contributed by atoms with van der Waals surface area (Å²) in [6, 6.07) is 20.2. The summed E-state index contributed by atoms with van der Waals surface area (Å²) in [5.74, 6) is 0.110. The molecule has 3 aromatic rings. The first-order chi connectivity index (χ1) is 16.4. The standard InChI is InChI=1S/C27H28N2O4S/c1-28(25-13-7-10-19-8-3-5-11-22(19)25)27(30)23-18-21(14-15-26(23)33-2)34(31,32)29-17-16-20-9-4-6-12-24(20)29/h3-6,8-9,11-12,14-15,18,25H,7,10,13,16-17H2,1-2H3/t25-/m0/s1. The van der Waals surface area contributed by atoms with Gasteiger partial charge in [-0.3, -0.25) is 9.10 Å². The van der Waals surface area contributed by atoms with Gasteiger partial charge in [0.05, 0.1) is 29.3 Å². The molecular weight excluding hydrogens is 448 g/mol. The molecule has 2 aliphatic rings. The van der Waals surface area contributed by atoms with Crippen molar-refractivity contribution in [3.8, 4) is 5.75 Å². The number of sulfonamides is 1. The highest BCUT2D eigenvalue weighted by Gasteiger charge is 2.33. The SMILES string of the molecule is COc1ccc(S(=O)(=O)N2CCc3ccccc32)cc1C(=O)N(C)[C@H]1CCCc2ccccc21. The van der Waals surface area contributed by atoms with Gasteiger partial charge in [0.2, 0.25) is 0 Å². The summed E-state index contributed by atoms with van der Waals surface area (Å²) in [6.45, 7) is 0.385. The Labute approximate surface area is 200 Å². The second-order valence-corrected chi connectivity index (χ2v) is 10.7. The number of hydrogen-bond donors (Lipinski definition) is 0.